The van der Waals surface area contributed by atoms with E-state index in [1.165, 1.54) is 6.42 Å². The van der Waals surface area contributed by atoms with Gasteiger partial charge in [0, 0.05) is 49.7 Å². The van der Waals surface area contributed by atoms with Crippen LogP contribution in [0.4, 0.5) is 0 Å². The molecule has 5 nitrogen and oxygen atoms in total. The summed E-state index contributed by atoms with van der Waals surface area (Å²) in [5.41, 5.74) is 1.05. The molecule has 1 aromatic rings. The Balaban J connectivity index is 1.52. The number of likely N-dealkylation sites (tertiary alicyclic amines) is 1. The van der Waals surface area contributed by atoms with E-state index in [1.54, 1.807) is 11.3 Å². The zero-order valence-electron chi connectivity index (χ0n) is 14.4. The summed E-state index contributed by atoms with van der Waals surface area (Å²) in [4.78, 5) is 30.6. The van der Waals surface area contributed by atoms with Crippen LogP contribution in [0, 0.1) is 5.92 Å². The molecule has 2 fully saturated rings. The molecule has 1 aromatic heterocycles. The Morgan fingerprint density at radius 1 is 1.33 bits per heavy atom. The van der Waals surface area contributed by atoms with Crippen LogP contribution in [0.3, 0.4) is 0 Å². The molecular weight excluding hydrogens is 322 g/mol. The lowest BCUT2D eigenvalue weighted by Crippen LogP contribution is -2.44. The fraction of sp³-hybridized carbons (Fsp3) is 0.722. The molecule has 3 rings (SSSR count). The Labute approximate surface area is 147 Å². The predicted octanol–water partition coefficient (Wildman–Crippen LogP) is 2.72. The first kappa shape index (κ1) is 17.4. The van der Waals surface area contributed by atoms with E-state index in [-0.39, 0.29) is 11.8 Å². The van der Waals surface area contributed by atoms with Gasteiger partial charge in [-0.05, 0) is 25.7 Å². The normalized spacial score (nSPS) is 21.4. The summed E-state index contributed by atoms with van der Waals surface area (Å²) in [6.45, 7) is 4.24. The van der Waals surface area contributed by atoms with Crippen LogP contribution >= 0.6 is 11.3 Å². The highest BCUT2D eigenvalue weighted by Gasteiger charge is 2.33. The molecule has 1 atom stereocenters. The topological polar surface area (TPSA) is 62.3 Å². The first-order valence-electron chi connectivity index (χ1n) is 9.17. The number of aromatic nitrogens is 1. The molecule has 6 heteroatoms. The maximum absolute atomic E-state index is 12.5. The monoisotopic (exact) mass is 349 g/mol. The summed E-state index contributed by atoms with van der Waals surface area (Å²) in [6, 6.07) is 0. The highest BCUT2D eigenvalue weighted by atomic mass is 32.1. The highest BCUT2D eigenvalue weighted by molar-refractivity contribution is 7.09. The van der Waals surface area contributed by atoms with Gasteiger partial charge in [-0.3, -0.25) is 9.59 Å². The number of rotatable bonds is 6. The van der Waals surface area contributed by atoms with Gasteiger partial charge in [-0.25, -0.2) is 4.98 Å². The van der Waals surface area contributed by atoms with Crippen molar-refractivity contribution in [1.82, 2.24) is 15.2 Å². The molecular formula is C18H27N3O2S. The number of nitrogens with one attached hydrogen (secondary N) is 1. The molecule has 1 aliphatic carbocycles. The van der Waals surface area contributed by atoms with Crippen molar-refractivity contribution in [3.63, 3.8) is 0 Å². The second kappa shape index (κ2) is 8.10. The minimum atomic E-state index is 0.0860. The minimum absolute atomic E-state index is 0.0860. The van der Waals surface area contributed by atoms with Gasteiger partial charge in [0.05, 0.1) is 10.7 Å². The molecule has 2 aliphatic rings. The summed E-state index contributed by atoms with van der Waals surface area (Å²) >= 11 is 1.70. The number of thiazole rings is 1. The van der Waals surface area contributed by atoms with Gasteiger partial charge in [0.2, 0.25) is 11.8 Å². The van der Waals surface area contributed by atoms with Crippen LogP contribution in [0.25, 0.3) is 0 Å². The Bertz CT molecular complexity index is 583. The van der Waals surface area contributed by atoms with E-state index in [4.69, 9.17) is 4.98 Å². The summed E-state index contributed by atoms with van der Waals surface area (Å²) in [5, 5.41) is 6.14. The molecule has 1 unspecified atom stereocenters. The van der Waals surface area contributed by atoms with Gasteiger partial charge in [0.25, 0.3) is 0 Å². The van der Waals surface area contributed by atoms with Crippen LogP contribution in [-0.2, 0) is 16.0 Å². The third-order valence-electron chi connectivity index (χ3n) is 5.13. The van der Waals surface area contributed by atoms with Crippen LogP contribution in [-0.4, -0.2) is 41.3 Å². The molecule has 0 spiro atoms. The number of nitrogens with zero attached hydrogens (tertiary/aromatic N) is 2. The van der Waals surface area contributed by atoms with Gasteiger partial charge < -0.3 is 10.2 Å². The van der Waals surface area contributed by atoms with Crippen molar-refractivity contribution >= 4 is 23.2 Å². The van der Waals surface area contributed by atoms with Crippen molar-refractivity contribution in [2.24, 2.45) is 5.92 Å². The van der Waals surface area contributed by atoms with Gasteiger partial charge in [-0.15, -0.1) is 11.3 Å². The van der Waals surface area contributed by atoms with Gasteiger partial charge in [-0.2, -0.15) is 0 Å². The number of carbonyl (C=O) groups excluding carboxylic acids is 2. The van der Waals surface area contributed by atoms with Gasteiger partial charge in [0.15, 0.2) is 0 Å². The molecule has 0 bridgehead atoms. The molecule has 0 radical (unpaired) electrons. The van der Waals surface area contributed by atoms with E-state index in [0.717, 1.165) is 55.9 Å². The predicted molar refractivity (Wildman–Crippen MR) is 95.0 cm³/mol. The van der Waals surface area contributed by atoms with Crippen molar-refractivity contribution in [2.45, 2.75) is 57.8 Å². The number of hydrogen-bond acceptors (Lipinski definition) is 4. The average molecular weight is 350 g/mol. The SMILES string of the molecule is CCC(=O)NCCc1csc(C2CCCN(C(=O)C3CCC3)C2)n1. The van der Waals surface area contributed by atoms with E-state index in [9.17, 15) is 9.59 Å². The Hall–Kier alpha value is -1.43. The van der Waals surface area contributed by atoms with Crippen molar-refractivity contribution in [3.05, 3.63) is 16.1 Å². The molecule has 0 aromatic carbocycles. The Morgan fingerprint density at radius 3 is 2.88 bits per heavy atom. The minimum Gasteiger partial charge on any atom is -0.356 e. The Morgan fingerprint density at radius 2 is 2.17 bits per heavy atom. The standard InChI is InChI=1S/C18H27N3O2S/c1-2-16(22)19-9-8-15-12-24-17(20-15)14-7-4-10-21(11-14)18(23)13-5-3-6-13/h12-14H,2-11H2,1H3,(H,19,22). The zero-order chi connectivity index (χ0) is 16.9. The molecule has 2 amide bonds. The number of hydrogen-bond donors (Lipinski definition) is 1. The lowest BCUT2D eigenvalue weighted by molar-refractivity contribution is -0.139. The summed E-state index contributed by atoms with van der Waals surface area (Å²) in [6.07, 6.45) is 6.85. The van der Waals surface area contributed by atoms with E-state index in [2.05, 4.69) is 15.6 Å². The summed E-state index contributed by atoms with van der Waals surface area (Å²) in [5.74, 6) is 1.12. The summed E-state index contributed by atoms with van der Waals surface area (Å²) in [7, 11) is 0. The van der Waals surface area contributed by atoms with Gasteiger partial charge in [-0.1, -0.05) is 13.3 Å². The van der Waals surface area contributed by atoms with Crippen LogP contribution < -0.4 is 5.32 Å². The van der Waals surface area contributed by atoms with Crippen molar-refractivity contribution in [2.75, 3.05) is 19.6 Å². The third-order valence-corrected chi connectivity index (χ3v) is 6.19. The first-order chi connectivity index (χ1) is 11.7. The van der Waals surface area contributed by atoms with Crippen molar-refractivity contribution in [1.29, 1.82) is 0 Å². The number of carbonyl (C=O) groups is 2. The molecule has 1 N–H and O–H groups in total. The fourth-order valence-electron chi connectivity index (χ4n) is 3.37. The molecule has 1 saturated heterocycles. The largest absolute Gasteiger partial charge is 0.356 e. The van der Waals surface area contributed by atoms with E-state index in [1.807, 2.05) is 6.92 Å². The molecule has 1 aliphatic heterocycles. The van der Waals surface area contributed by atoms with Crippen LogP contribution in [0.15, 0.2) is 5.38 Å². The molecule has 1 saturated carbocycles. The van der Waals surface area contributed by atoms with Crippen LogP contribution in [0.2, 0.25) is 0 Å². The lowest BCUT2D eigenvalue weighted by Gasteiger charge is -2.36. The smallest absolute Gasteiger partial charge is 0.225 e. The van der Waals surface area contributed by atoms with Crippen molar-refractivity contribution < 1.29 is 9.59 Å². The van der Waals surface area contributed by atoms with Gasteiger partial charge in [0.1, 0.15) is 0 Å². The van der Waals surface area contributed by atoms with E-state index >= 15 is 0 Å². The van der Waals surface area contributed by atoms with Crippen molar-refractivity contribution in [3.8, 4) is 0 Å². The first-order valence-corrected chi connectivity index (χ1v) is 10.0. The number of amides is 2. The second-order valence-corrected chi connectivity index (χ2v) is 7.77. The lowest BCUT2D eigenvalue weighted by atomic mass is 9.83. The second-order valence-electron chi connectivity index (χ2n) is 6.88. The Kier molecular flexibility index (Phi) is 5.87. The van der Waals surface area contributed by atoms with E-state index in [0.29, 0.717) is 24.8 Å². The maximum Gasteiger partial charge on any atom is 0.225 e. The zero-order valence-corrected chi connectivity index (χ0v) is 15.2. The highest BCUT2D eigenvalue weighted by Crippen LogP contribution is 2.33. The molecule has 132 valence electrons. The van der Waals surface area contributed by atoms with E-state index < -0.39 is 0 Å². The molecule has 2 heterocycles. The van der Waals surface area contributed by atoms with Crippen LogP contribution in [0.5, 0.6) is 0 Å². The van der Waals surface area contributed by atoms with Crippen LogP contribution in [0.1, 0.15) is 62.1 Å². The quantitative estimate of drug-likeness (QED) is 0.859. The fourth-order valence-corrected chi connectivity index (χ4v) is 4.35. The molecule has 24 heavy (non-hydrogen) atoms. The summed E-state index contributed by atoms with van der Waals surface area (Å²) < 4.78 is 0. The maximum atomic E-state index is 12.5. The average Bonchev–Trinajstić information content (AvgIpc) is 3.02. The third kappa shape index (κ3) is 4.15. The van der Waals surface area contributed by atoms with Gasteiger partial charge >= 0.3 is 0 Å². The number of piperidine rings is 1.